The number of aryl methyl sites for hydroxylation is 2. The van der Waals surface area contributed by atoms with E-state index in [-0.39, 0.29) is 6.04 Å². The Labute approximate surface area is 182 Å². The van der Waals surface area contributed by atoms with Gasteiger partial charge in [-0.25, -0.2) is 14.3 Å². The van der Waals surface area contributed by atoms with Crippen LogP contribution in [0.4, 0.5) is 0 Å². The van der Waals surface area contributed by atoms with Crippen molar-refractivity contribution >= 4 is 5.96 Å². The molecule has 1 unspecified atom stereocenters. The van der Waals surface area contributed by atoms with Gasteiger partial charge in [-0.1, -0.05) is 18.2 Å². The molecule has 31 heavy (non-hydrogen) atoms. The van der Waals surface area contributed by atoms with Gasteiger partial charge in [-0.15, -0.1) is 0 Å². The van der Waals surface area contributed by atoms with E-state index in [1.807, 2.05) is 34.5 Å². The first kappa shape index (κ1) is 21.0. The SMILES string of the molecule is CN=C(NCc1c(C)nn(-c2ccccc2)c1C)NC1CCc2nc(COC)nn2C1. The van der Waals surface area contributed by atoms with Crippen molar-refractivity contribution in [3.63, 3.8) is 0 Å². The predicted molar refractivity (Wildman–Crippen MR) is 119 cm³/mol. The summed E-state index contributed by atoms with van der Waals surface area (Å²) in [5.41, 5.74) is 4.39. The topological polar surface area (TPSA) is 94.2 Å². The number of hydrogen-bond donors (Lipinski definition) is 2. The van der Waals surface area contributed by atoms with Crippen LogP contribution in [0.3, 0.4) is 0 Å². The zero-order valence-corrected chi connectivity index (χ0v) is 18.6. The zero-order valence-electron chi connectivity index (χ0n) is 18.6. The van der Waals surface area contributed by atoms with Gasteiger partial charge in [0.05, 0.1) is 17.9 Å². The van der Waals surface area contributed by atoms with Crippen molar-refractivity contribution in [3.8, 4) is 5.69 Å². The predicted octanol–water partition coefficient (Wildman–Crippen LogP) is 1.91. The molecular formula is C22H30N8O. The number of nitrogens with one attached hydrogen (secondary N) is 2. The third-order valence-electron chi connectivity index (χ3n) is 5.61. The van der Waals surface area contributed by atoms with E-state index in [2.05, 4.69) is 44.8 Å². The van der Waals surface area contributed by atoms with Crippen LogP contribution in [0, 0.1) is 13.8 Å². The minimum absolute atomic E-state index is 0.241. The van der Waals surface area contributed by atoms with E-state index in [0.717, 1.165) is 54.1 Å². The van der Waals surface area contributed by atoms with Crippen molar-refractivity contribution in [2.24, 2.45) is 4.99 Å². The van der Waals surface area contributed by atoms with Gasteiger partial charge in [-0.2, -0.15) is 10.2 Å². The van der Waals surface area contributed by atoms with Gasteiger partial charge in [0.15, 0.2) is 11.8 Å². The highest BCUT2D eigenvalue weighted by Gasteiger charge is 2.22. The molecule has 1 aliphatic heterocycles. The monoisotopic (exact) mass is 422 g/mol. The van der Waals surface area contributed by atoms with Crippen LogP contribution in [-0.4, -0.2) is 50.7 Å². The lowest BCUT2D eigenvalue weighted by atomic mass is 10.1. The highest BCUT2D eigenvalue weighted by atomic mass is 16.5. The molecule has 1 aromatic carbocycles. The lowest BCUT2D eigenvalue weighted by Crippen LogP contribution is -2.46. The Kier molecular flexibility index (Phi) is 6.31. The largest absolute Gasteiger partial charge is 0.377 e. The minimum atomic E-state index is 0.241. The number of methoxy groups -OCH3 is 1. The van der Waals surface area contributed by atoms with Gasteiger partial charge in [0, 0.05) is 44.4 Å². The zero-order chi connectivity index (χ0) is 21.8. The van der Waals surface area contributed by atoms with Crippen LogP contribution < -0.4 is 10.6 Å². The Morgan fingerprint density at radius 2 is 2.03 bits per heavy atom. The second-order valence-electron chi connectivity index (χ2n) is 7.76. The summed E-state index contributed by atoms with van der Waals surface area (Å²) in [5, 5.41) is 16.2. The average Bonchev–Trinajstić information content (AvgIpc) is 3.31. The molecule has 0 bridgehead atoms. The molecule has 4 rings (SSSR count). The fourth-order valence-electron chi connectivity index (χ4n) is 3.98. The van der Waals surface area contributed by atoms with E-state index in [4.69, 9.17) is 9.84 Å². The molecule has 3 heterocycles. The number of para-hydroxylation sites is 1. The van der Waals surface area contributed by atoms with Crippen LogP contribution >= 0.6 is 0 Å². The van der Waals surface area contributed by atoms with E-state index >= 15 is 0 Å². The Bertz CT molecular complexity index is 1050. The van der Waals surface area contributed by atoms with Crippen LogP contribution in [0.1, 0.15) is 35.0 Å². The Balaban J connectivity index is 1.39. The minimum Gasteiger partial charge on any atom is -0.377 e. The van der Waals surface area contributed by atoms with Crippen LogP contribution in [-0.2, 0) is 30.9 Å². The summed E-state index contributed by atoms with van der Waals surface area (Å²) in [4.78, 5) is 8.95. The molecule has 2 aromatic heterocycles. The van der Waals surface area contributed by atoms with Crippen molar-refractivity contribution < 1.29 is 4.74 Å². The lowest BCUT2D eigenvalue weighted by molar-refractivity contribution is 0.177. The molecule has 0 aliphatic carbocycles. The number of guanidine groups is 1. The number of aromatic nitrogens is 5. The number of nitrogens with zero attached hydrogens (tertiary/aromatic N) is 6. The molecule has 164 valence electrons. The first-order chi connectivity index (χ1) is 15.1. The third kappa shape index (κ3) is 4.61. The lowest BCUT2D eigenvalue weighted by Gasteiger charge is -2.25. The number of rotatable bonds is 6. The Morgan fingerprint density at radius 1 is 1.23 bits per heavy atom. The smallest absolute Gasteiger partial charge is 0.191 e. The Hall–Kier alpha value is -3.20. The van der Waals surface area contributed by atoms with Gasteiger partial charge in [-0.3, -0.25) is 4.99 Å². The molecule has 9 heteroatoms. The van der Waals surface area contributed by atoms with Gasteiger partial charge in [0.1, 0.15) is 12.4 Å². The summed E-state index contributed by atoms with van der Waals surface area (Å²) >= 11 is 0. The van der Waals surface area contributed by atoms with Crippen molar-refractivity contribution in [2.45, 2.75) is 52.4 Å². The molecule has 0 fully saturated rings. The molecule has 0 saturated heterocycles. The highest BCUT2D eigenvalue weighted by Crippen LogP contribution is 2.18. The summed E-state index contributed by atoms with van der Waals surface area (Å²) in [5.74, 6) is 2.53. The number of fused-ring (bicyclic) bond motifs is 1. The number of aliphatic imine (C=N–C) groups is 1. The van der Waals surface area contributed by atoms with Gasteiger partial charge in [-0.05, 0) is 32.4 Å². The second-order valence-corrected chi connectivity index (χ2v) is 7.76. The maximum atomic E-state index is 5.15. The van der Waals surface area contributed by atoms with Crippen molar-refractivity contribution in [3.05, 3.63) is 58.9 Å². The van der Waals surface area contributed by atoms with Crippen molar-refractivity contribution in [2.75, 3.05) is 14.2 Å². The molecule has 9 nitrogen and oxygen atoms in total. The molecule has 0 amide bonds. The normalized spacial score (nSPS) is 16.3. The summed E-state index contributed by atoms with van der Waals surface area (Å²) in [6.45, 7) is 6.01. The van der Waals surface area contributed by atoms with Crippen molar-refractivity contribution in [1.29, 1.82) is 0 Å². The third-order valence-corrected chi connectivity index (χ3v) is 5.61. The fourth-order valence-corrected chi connectivity index (χ4v) is 3.98. The Morgan fingerprint density at radius 3 is 2.77 bits per heavy atom. The van der Waals surface area contributed by atoms with Gasteiger partial charge >= 0.3 is 0 Å². The van der Waals surface area contributed by atoms with E-state index in [1.54, 1.807) is 14.2 Å². The van der Waals surface area contributed by atoms with Crippen LogP contribution in [0.15, 0.2) is 35.3 Å². The first-order valence-electron chi connectivity index (χ1n) is 10.6. The molecule has 1 atom stereocenters. The molecule has 2 N–H and O–H groups in total. The van der Waals surface area contributed by atoms with Gasteiger partial charge in [0.2, 0.25) is 0 Å². The van der Waals surface area contributed by atoms with E-state index < -0.39 is 0 Å². The number of benzene rings is 1. The standard InChI is InChI=1S/C22H30N8O/c1-15-19(16(2)30(27-15)18-8-6-5-7-9-18)12-24-22(23-3)25-17-10-11-21-26-20(14-31-4)28-29(21)13-17/h5-9,17H,10-14H2,1-4H3,(H2,23,24,25). The second kappa shape index (κ2) is 9.30. The van der Waals surface area contributed by atoms with Gasteiger partial charge in [0.25, 0.3) is 0 Å². The number of ether oxygens (including phenoxy) is 1. The maximum absolute atomic E-state index is 5.15. The van der Waals surface area contributed by atoms with Crippen LogP contribution in [0.2, 0.25) is 0 Å². The van der Waals surface area contributed by atoms with Crippen LogP contribution in [0.25, 0.3) is 5.69 Å². The molecule has 0 radical (unpaired) electrons. The molecule has 0 spiro atoms. The molecule has 3 aromatic rings. The van der Waals surface area contributed by atoms with Crippen molar-refractivity contribution in [1.82, 2.24) is 35.2 Å². The quantitative estimate of drug-likeness (QED) is 0.466. The molecular weight excluding hydrogens is 392 g/mol. The van der Waals surface area contributed by atoms with E-state index in [1.165, 1.54) is 5.56 Å². The summed E-state index contributed by atoms with van der Waals surface area (Å²) < 4.78 is 9.11. The van der Waals surface area contributed by atoms with Gasteiger partial charge < -0.3 is 15.4 Å². The first-order valence-corrected chi connectivity index (χ1v) is 10.6. The highest BCUT2D eigenvalue weighted by molar-refractivity contribution is 5.80. The number of hydrogen-bond acceptors (Lipinski definition) is 5. The average molecular weight is 423 g/mol. The van der Waals surface area contributed by atoms with Crippen LogP contribution in [0.5, 0.6) is 0 Å². The molecule has 0 saturated carbocycles. The van der Waals surface area contributed by atoms with E-state index in [0.29, 0.717) is 13.2 Å². The van der Waals surface area contributed by atoms with E-state index in [9.17, 15) is 0 Å². The maximum Gasteiger partial charge on any atom is 0.191 e. The molecule has 1 aliphatic rings. The summed E-state index contributed by atoms with van der Waals surface area (Å²) in [6.07, 6.45) is 1.86. The fraction of sp³-hybridized carbons (Fsp3) is 0.455. The summed E-state index contributed by atoms with van der Waals surface area (Å²) in [6, 6.07) is 10.4. The summed E-state index contributed by atoms with van der Waals surface area (Å²) in [7, 11) is 3.45.